The summed E-state index contributed by atoms with van der Waals surface area (Å²) in [6, 6.07) is 13.6. The van der Waals surface area contributed by atoms with Gasteiger partial charge in [0.25, 0.3) is 0 Å². The van der Waals surface area contributed by atoms with Crippen LogP contribution >= 0.6 is 0 Å². The van der Waals surface area contributed by atoms with Gasteiger partial charge in [-0.25, -0.2) is 8.42 Å². The molecule has 0 aliphatic heterocycles. The zero-order chi connectivity index (χ0) is 19.2. The van der Waals surface area contributed by atoms with E-state index in [-0.39, 0.29) is 6.10 Å². The quantitative estimate of drug-likeness (QED) is 0.659. The topological polar surface area (TPSA) is 67.4 Å². The molecule has 0 aliphatic carbocycles. The van der Waals surface area contributed by atoms with Crippen LogP contribution in [-0.4, -0.2) is 33.9 Å². The van der Waals surface area contributed by atoms with E-state index in [1.165, 1.54) is 0 Å². The highest BCUT2D eigenvalue weighted by atomic mass is 32.2. The van der Waals surface area contributed by atoms with Gasteiger partial charge in [0.1, 0.15) is 11.9 Å². The van der Waals surface area contributed by atoms with Crippen molar-refractivity contribution in [2.45, 2.75) is 33.3 Å². The number of ether oxygens (including phenoxy) is 1. The van der Waals surface area contributed by atoms with E-state index >= 15 is 0 Å². The lowest BCUT2D eigenvalue weighted by molar-refractivity contribution is 0.215. The van der Waals surface area contributed by atoms with Crippen molar-refractivity contribution in [2.24, 2.45) is 0 Å². The lowest BCUT2D eigenvalue weighted by atomic mass is 10.1. The third-order valence-corrected chi connectivity index (χ3v) is 4.61. The van der Waals surface area contributed by atoms with Crippen LogP contribution in [0.5, 0.6) is 5.75 Å². The summed E-state index contributed by atoms with van der Waals surface area (Å²) in [5.74, 6) is 0.968. The average molecular weight is 377 g/mol. The van der Waals surface area contributed by atoms with Crippen molar-refractivity contribution >= 4 is 15.7 Å². The standard InChI is InChI=1S/C20H28N2O3S/c1-15-6-5-7-16(2)20(15)25-17(3)14-21-13-12-18-8-10-19(11-9-18)22-26(4,23)24/h5-11,17,21-22H,12-14H2,1-4H3. The van der Waals surface area contributed by atoms with Gasteiger partial charge in [0.2, 0.25) is 10.0 Å². The fourth-order valence-electron chi connectivity index (χ4n) is 2.72. The molecule has 0 heterocycles. The van der Waals surface area contributed by atoms with Gasteiger partial charge in [-0.15, -0.1) is 0 Å². The Morgan fingerprint density at radius 1 is 1.04 bits per heavy atom. The Morgan fingerprint density at radius 3 is 2.23 bits per heavy atom. The third-order valence-electron chi connectivity index (χ3n) is 4.01. The summed E-state index contributed by atoms with van der Waals surface area (Å²) in [6.07, 6.45) is 2.10. The maximum Gasteiger partial charge on any atom is 0.229 e. The Balaban J connectivity index is 1.74. The summed E-state index contributed by atoms with van der Waals surface area (Å²) in [7, 11) is -3.23. The number of anilines is 1. The van der Waals surface area contributed by atoms with Crippen molar-refractivity contribution in [3.63, 3.8) is 0 Å². The van der Waals surface area contributed by atoms with Crippen molar-refractivity contribution in [3.8, 4) is 5.75 Å². The minimum Gasteiger partial charge on any atom is -0.489 e. The molecule has 1 unspecified atom stereocenters. The second-order valence-electron chi connectivity index (χ2n) is 6.67. The molecule has 0 spiro atoms. The number of hydrogen-bond donors (Lipinski definition) is 2. The number of nitrogens with one attached hydrogen (secondary N) is 2. The fraction of sp³-hybridized carbons (Fsp3) is 0.400. The molecule has 2 aromatic rings. The van der Waals surface area contributed by atoms with E-state index in [0.29, 0.717) is 5.69 Å². The van der Waals surface area contributed by atoms with Crippen LogP contribution in [-0.2, 0) is 16.4 Å². The van der Waals surface area contributed by atoms with Gasteiger partial charge in [-0.2, -0.15) is 0 Å². The first-order valence-corrected chi connectivity index (χ1v) is 10.6. The monoisotopic (exact) mass is 376 g/mol. The van der Waals surface area contributed by atoms with Crippen LogP contribution < -0.4 is 14.8 Å². The minimum absolute atomic E-state index is 0.0798. The highest BCUT2D eigenvalue weighted by molar-refractivity contribution is 7.92. The van der Waals surface area contributed by atoms with Gasteiger partial charge >= 0.3 is 0 Å². The molecule has 142 valence electrons. The van der Waals surface area contributed by atoms with Crippen molar-refractivity contribution in [1.29, 1.82) is 0 Å². The lowest BCUT2D eigenvalue weighted by Crippen LogP contribution is -2.30. The van der Waals surface area contributed by atoms with Gasteiger partial charge in [0, 0.05) is 12.2 Å². The smallest absolute Gasteiger partial charge is 0.229 e. The first-order chi connectivity index (χ1) is 12.2. The first-order valence-electron chi connectivity index (χ1n) is 8.75. The molecule has 5 nitrogen and oxygen atoms in total. The van der Waals surface area contributed by atoms with Gasteiger partial charge < -0.3 is 10.1 Å². The van der Waals surface area contributed by atoms with Gasteiger partial charge in [0.15, 0.2) is 0 Å². The highest BCUT2D eigenvalue weighted by Gasteiger charge is 2.08. The van der Waals surface area contributed by atoms with E-state index < -0.39 is 10.0 Å². The van der Waals surface area contributed by atoms with E-state index in [9.17, 15) is 8.42 Å². The molecular weight excluding hydrogens is 348 g/mol. The molecule has 2 aromatic carbocycles. The van der Waals surface area contributed by atoms with Crippen LogP contribution in [0, 0.1) is 13.8 Å². The molecule has 26 heavy (non-hydrogen) atoms. The number of hydrogen-bond acceptors (Lipinski definition) is 4. The average Bonchev–Trinajstić information content (AvgIpc) is 2.55. The molecule has 0 aliphatic rings. The van der Waals surface area contributed by atoms with E-state index in [0.717, 1.165) is 48.2 Å². The summed E-state index contributed by atoms with van der Waals surface area (Å²) in [4.78, 5) is 0. The van der Waals surface area contributed by atoms with Crippen LogP contribution in [0.1, 0.15) is 23.6 Å². The Labute approximate surface area is 156 Å². The van der Waals surface area contributed by atoms with Crippen LogP contribution in [0.15, 0.2) is 42.5 Å². The van der Waals surface area contributed by atoms with Crippen LogP contribution in [0.2, 0.25) is 0 Å². The van der Waals surface area contributed by atoms with Gasteiger partial charge in [-0.05, 0) is 62.6 Å². The predicted octanol–water partition coefficient (Wildman–Crippen LogP) is 3.27. The van der Waals surface area contributed by atoms with E-state index in [1.54, 1.807) is 12.1 Å². The summed E-state index contributed by atoms with van der Waals surface area (Å²) in [5, 5.41) is 3.41. The number of rotatable bonds is 9. The maximum atomic E-state index is 11.2. The van der Waals surface area contributed by atoms with Crippen LogP contribution in [0.3, 0.4) is 0 Å². The van der Waals surface area contributed by atoms with Crippen molar-refractivity contribution in [3.05, 3.63) is 59.2 Å². The molecule has 2 N–H and O–H groups in total. The Hall–Kier alpha value is -2.05. The molecule has 2 rings (SSSR count). The SMILES string of the molecule is Cc1cccc(C)c1OC(C)CNCCc1ccc(NS(C)(=O)=O)cc1. The molecule has 0 radical (unpaired) electrons. The summed E-state index contributed by atoms with van der Waals surface area (Å²) in [5.41, 5.74) is 4.04. The van der Waals surface area contributed by atoms with E-state index in [2.05, 4.69) is 42.9 Å². The summed E-state index contributed by atoms with van der Waals surface area (Å²) < 4.78 is 30.9. The largest absolute Gasteiger partial charge is 0.489 e. The maximum absolute atomic E-state index is 11.2. The number of aryl methyl sites for hydroxylation is 2. The second-order valence-corrected chi connectivity index (χ2v) is 8.42. The molecule has 1 atom stereocenters. The molecule has 6 heteroatoms. The van der Waals surface area contributed by atoms with Gasteiger partial charge in [0.05, 0.1) is 6.26 Å². The molecule has 0 saturated carbocycles. The lowest BCUT2D eigenvalue weighted by Gasteiger charge is -2.18. The number of sulfonamides is 1. The molecule has 0 bridgehead atoms. The minimum atomic E-state index is -3.23. The van der Waals surface area contributed by atoms with Crippen LogP contribution in [0.25, 0.3) is 0 Å². The molecule has 0 amide bonds. The van der Waals surface area contributed by atoms with Crippen molar-refractivity contribution in [2.75, 3.05) is 24.1 Å². The highest BCUT2D eigenvalue weighted by Crippen LogP contribution is 2.23. The molecular formula is C20H28N2O3S. The molecule has 0 saturated heterocycles. The predicted molar refractivity (Wildman–Crippen MR) is 107 cm³/mol. The summed E-state index contributed by atoms with van der Waals surface area (Å²) in [6.45, 7) is 7.78. The van der Waals surface area contributed by atoms with Gasteiger partial charge in [-0.3, -0.25) is 4.72 Å². The Kier molecular flexibility index (Phi) is 7.06. The van der Waals surface area contributed by atoms with Crippen molar-refractivity contribution in [1.82, 2.24) is 5.32 Å². The summed E-state index contributed by atoms with van der Waals surface area (Å²) >= 11 is 0. The third kappa shape index (κ3) is 6.69. The zero-order valence-electron chi connectivity index (χ0n) is 15.9. The van der Waals surface area contributed by atoms with Gasteiger partial charge in [-0.1, -0.05) is 30.3 Å². The molecule has 0 aromatic heterocycles. The zero-order valence-corrected chi connectivity index (χ0v) is 16.7. The van der Waals surface area contributed by atoms with E-state index in [1.807, 2.05) is 18.2 Å². The van der Waals surface area contributed by atoms with Crippen molar-refractivity contribution < 1.29 is 13.2 Å². The fourth-order valence-corrected chi connectivity index (χ4v) is 3.28. The normalized spacial score (nSPS) is 12.6. The van der Waals surface area contributed by atoms with Crippen LogP contribution in [0.4, 0.5) is 5.69 Å². The molecule has 0 fully saturated rings. The Morgan fingerprint density at radius 2 is 1.65 bits per heavy atom. The number of para-hydroxylation sites is 1. The first kappa shape index (κ1) is 20.3. The second kappa shape index (κ2) is 9.05. The number of benzene rings is 2. The van der Waals surface area contributed by atoms with E-state index in [4.69, 9.17) is 4.74 Å². The Bertz CT molecular complexity index is 797.